The molecule has 0 aliphatic carbocycles. The molecule has 26 heavy (non-hydrogen) atoms. The molecule has 136 valence electrons. The fourth-order valence-corrected chi connectivity index (χ4v) is 4.60. The van der Waals surface area contributed by atoms with Crippen LogP contribution in [0.2, 0.25) is 0 Å². The van der Waals surface area contributed by atoms with Gasteiger partial charge in [0.25, 0.3) is 0 Å². The first-order valence-electron chi connectivity index (χ1n) is 9.20. The van der Waals surface area contributed by atoms with Crippen molar-refractivity contribution in [2.45, 2.75) is 49.9 Å². The maximum atomic E-state index is 11.3. The van der Waals surface area contributed by atoms with Crippen LogP contribution in [0.1, 0.15) is 37.1 Å². The van der Waals surface area contributed by atoms with Gasteiger partial charge in [0.2, 0.25) is 0 Å². The van der Waals surface area contributed by atoms with Gasteiger partial charge >= 0.3 is 0 Å². The molecule has 0 saturated carbocycles. The largest absolute Gasteiger partial charge is 0.481 e. The molecule has 2 saturated heterocycles. The van der Waals surface area contributed by atoms with Gasteiger partial charge in [0.15, 0.2) is 0 Å². The molecule has 1 aromatic heterocycles. The van der Waals surface area contributed by atoms with Crippen LogP contribution < -0.4 is 4.74 Å². The molecule has 1 N–H and O–H groups in total. The number of imidazole rings is 1. The molecule has 0 amide bonds. The Morgan fingerprint density at radius 2 is 1.96 bits per heavy atom. The Balaban J connectivity index is 1.46. The summed E-state index contributed by atoms with van der Waals surface area (Å²) in [6, 6.07) is 8.95. The maximum Gasteiger partial charge on any atom is 0.148 e. The first kappa shape index (κ1) is 17.1. The lowest BCUT2D eigenvalue weighted by Gasteiger charge is -2.43. The number of nitrogens with zero attached hydrogens (tertiary/aromatic N) is 3. The Hall–Kier alpha value is -2.29. The van der Waals surface area contributed by atoms with E-state index in [1.807, 2.05) is 29.9 Å². The molecular weight excluding hydrogens is 326 g/mol. The Labute approximate surface area is 154 Å². The van der Waals surface area contributed by atoms with Gasteiger partial charge in [0, 0.05) is 38.1 Å². The van der Waals surface area contributed by atoms with Crippen LogP contribution in [0.3, 0.4) is 0 Å². The van der Waals surface area contributed by atoms with Crippen molar-refractivity contribution in [1.82, 2.24) is 14.5 Å². The summed E-state index contributed by atoms with van der Waals surface area (Å²) in [4.78, 5) is 6.97. The van der Waals surface area contributed by atoms with Gasteiger partial charge < -0.3 is 14.4 Å². The fourth-order valence-electron chi connectivity index (χ4n) is 4.60. The van der Waals surface area contributed by atoms with E-state index in [0.717, 1.165) is 43.8 Å². The van der Waals surface area contributed by atoms with Gasteiger partial charge in [0.05, 0.1) is 0 Å². The summed E-state index contributed by atoms with van der Waals surface area (Å²) in [7, 11) is 1.96. The summed E-state index contributed by atoms with van der Waals surface area (Å²) in [6.07, 6.45) is 12.7. The predicted octanol–water partition coefficient (Wildman–Crippen LogP) is 2.45. The summed E-state index contributed by atoms with van der Waals surface area (Å²) in [5.74, 6) is 4.08. The topological polar surface area (TPSA) is 50.5 Å². The molecule has 0 spiro atoms. The van der Waals surface area contributed by atoms with Crippen molar-refractivity contribution in [3.63, 3.8) is 0 Å². The van der Waals surface area contributed by atoms with Gasteiger partial charge in [-0.15, -0.1) is 6.42 Å². The molecule has 5 nitrogen and oxygen atoms in total. The fraction of sp³-hybridized carbons (Fsp3) is 0.476. The normalized spacial score (nSPS) is 28.0. The van der Waals surface area contributed by atoms with E-state index < -0.39 is 5.60 Å². The standard InChI is InChI=1S/C21H25N3O2/c1-3-12-26-19-8-4-16(5-9-19)15-24-17-6-7-18(24)14-21(25,13-17)20-22-10-11-23(20)2/h1,4-5,8-11,17-18,25H,6-7,12-15H2,2H3/t17-,18-/m1/s1. The average molecular weight is 351 g/mol. The Bertz CT molecular complexity index is 791. The molecule has 5 heteroatoms. The summed E-state index contributed by atoms with van der Waals surface area (Å²) < 4.78 is 7.39. The van der Waals surface area contributed by atoms with Crippen LogP contribution in [0, 0.1) is 12.3 Å². The number of aryl methyl sites for hydroxylation is 1. The minimum absolute atomic E-state index is 0.293. The Morgan fingerprint density at radius 3 is 2.54 bits per heavy atom. The van der Waals surface area contributed by atoms with Crippen LogP contribution in [-0.4, -0.2) is 38.2 Å². The highest BCUT2D eigenvalue weighted by Crippen LogP contribution is 2.45. The first-order chi connectivity index (χ1) is 12.6. The molecule has 2 atom stereocenters. The highest BCUT2D eigenvalue weighted by Gasteiger charge is 2.49. The smallest absolute Gasteiger partial charge is 0.148 e. The number of piperidine rings is 1. The van der Waals surface area contributed by atoms with E-state index in [2.05, 4.69) is 27.9 Å². The minimum Gasteiger partial charge on any atom is -0.481 e. The third kappa shape index (κ3) is 3.11. The van der Waals surface area contributed by atoms with Crippen LogP contribution >= 0.6 is 0 Å². The summed E-state index contributed by atoms with van der Waals surface area (Å²) >= 11 is 0. The van der Waals surface area contributed by atoms with Crippen molar-refractivity contribution >= 4 is 0 Å². The third-order valence-electron chi connectivity index (χ3n) is 5.77. The molecule has 1 aromatic carbocycles. The molecule has 2 aliphatic heterocycles. The van der Waals surface area contributed by atoms with E-state index in [1.54, 1.807) is 6.20 Å². The zero-order valence-corrected chi connectivity index (χ0v) is 15.1. The van der Waals surface area contributed by atoms with E-state index in [9.17, 15) is 5.11 Å². The molecular formula is C21H25N3O2. The highest BCUT2D eigenvalue weighted by molar-refractivity contribution is 5.28. The van der Waals surface area contributed by atoms with Crippen molar-refractivity contribution in [2.24, 2.45) is 7.05 Å². The molecule has 0 radical (unpaired) electrons. The second kappa shape index (κ2) is 6.79. The van der Waals surface area contributed by atoms with E-state index in [4.69, 9.17) is 11.2 Å². The summed E-state index contributed by atoms with van der Waals surface area (Å²) in [5.41, 5.74) is 0.449. The number of terminal acetylenes is 1. The van der Waals surface area contributed by atoms with Crippen molar-refractivity contribution < 1.29 is 9.84 Å². The number of hydrogen-bond donors (Lipinski definition) is 1. The Kier molecular flexibility index (Phi) is 4.47. The van der Waals surface area contributed by atoms with Crippen LogP contribution in [-0.2, 0) is 19.2 Å². The maximum absolute atomic E-state index is 11.3. The highest BCUT2D eigenvalue weighted by atomic mass is 16.5. The van der Waals surface area contributed by atoms with Crippen LogP contribution in [0.25, 0.3) is 0 Å². The molecule has 2 bridgehead atoms. The number of fused-ring (bicyclic) bond motifs is 2. The average Bonchev–Trinajstić information content (AvgIpc) is 3.17. The third-order valence-corrected chi connectivity index (χ3v) is 5.77. The zero-order chi connectivity index (χ0) is 18.1. The lowest BCUT2D eigenvalue weighted by atomic mass is 9.85. The zero-order valence-electron chi connectivity index (χ0n) is 15.1. The number of aliphatic hydroxyl groups is 1. The van der Waals surface area contributed by atoms with Crippen molar-refractivity contribution in [3.8, 4) is 18.1 Å². The van der Waals surface area contributed by atoms with E-state index in [1.165, 1.54) is 5.56 Å². The molecule has 4 rings (SSSR count). The van der Waals surface area contributed by atoms with Crippen molar-refractivity contribution in [2.75, 3.05) is 6.61 Å². The molecule has 2 aliphatic rings. The van der Waals surface area contributed by atoms with Gasteiger partial charge in [-0.25, -0.2) is 4.98 Å². The number of rotatable bonds is 5. The van der Waals surface area contributed by atoms with E-state index >= 15 is 0 Å². The van der Waals surface area contributed by atoms with Gasteiger partial charge in [0.1, 0.15) is 23.8 Å². The molecule has 2 aromatic rings. The quantitative estimate of drug-likeness (QED) is 0.841. The van der Waals surface area contributed by atoms with Gasteiger partial charge in [-0.3, -0.25) is 4.90 Å². The first-order valence-corrected chi connectivity index (χ1v) is 9.20. The minimum atomic E-state index is -0.812. The van der Waals surface area contributed by atoms with Crippen molar-refractivity contribution in [1.29, 1.82) is 0 Å². The SMILES string of the molecule is C#CCOc1ccc(CN2[C@@H]3CC[C@@H]2CC(O)(c2nccn2C)C3)cc1. The summed E-state index contributed by atoms with van der Waals surface area (Å²) in [5, 5.41) is 11.3. The number of aromatic nitrogens is 2. The van der Waals surface area contributed by atoms with E-state index in [0.29, 0.717) is 18.7 Å². The van der Waals surface area contributed by atoms with E-state index in [-0.39, 0.29) is 0 Å². The predicted molar refractivity (Wildman–Crippen MR) is 99.5 cm³/mol. The molecule has 0 unspecified atom stereocenters. The number of hydrogen-bond acceptors (Lipinski definition) is 4. The summed E-state index contributed by atoms with van der Waals surface area (Å²) in [6.45, 7) is 1.20. The van der Waals surface area contributed by atoms with Gasteiger partial charge in [-0.05, 0) is 43.4 Å². The second-order valence-corrected chi connectivity index (χ2v) is 7.50. The Morgan fingerprint density at radius 1 is 1.27 bits per heavy atom. The lowest BCUT2D eigenvalue weighted by Crippen LogP contribution is -2.50. The van der Waals surface area contributed by atoms with Gasteiger partial charge in [-0.2, -0.15) is 0 Å². The molecule has 3 heterocycles. The van der Waals surface area contributed by atoms with Crippen LogP contribution in [0.5, 0.6) is 5.75 Å². The molecule has 2 fully saturated rings. The number of ether oxygens (including phenoxy) is 1. The number of benzene rings is 1. The monoisotopic (exact) mass is 351 g/mol. The van der Waals surface area contributed by atoms with Crippen molar-refractivity contribution in [3.05, 3.63) is 48.0 Å². The van der Waals surface area contributed by atoms with Crippen LogP contribution in [0.4, 0.5) is 0 Å². The van der Waals surface area contributed by atoms with Crippen LogP contribution in [0.15, 0.2) is 36.7 Å². The second-order valence-electron chi connectivity index (χ2n) is 7.50. The van der Waals surface area contributed by atoms with Gasteiger partial charge in [-0.1, -0.05) is 18.1 Å². The lowest BCUT2D eigenvalue weighted by molar-refractivity contribution is -0.0669.